The van der Waals surface area contributed by atoms with E-state index in [1.807, 2.05) is 0 Å². The van der Waals surface area contributed by atoms with Gasteiger partial charge < -0.3 is 9.84 Å². The summed E-state index contributed by atoms with van der Waals surface area (Å²) in [6, 6.07) is 13.9. The number of ether oxygens (including phenoxy) is 1. The van der Waals surface area contributed by atoms with Crippen molar-refractivity contribution in [1.82, 2.24) is 4.98 Å². The molecular weight excluding hydrogens is 514 g/mol. The van der Waals surface area contributed by atoms with Gasteiger partial charge in [0, 0.05) is 5.56 Å². The lowest BCUT2D eigenvalue weighted by molar-refractivity contribution is -0.132. The van der Waals surface area contributed by atoms with E-state index in [-0.39, 0.29) is 26.3 Å². The van der Waals surface area contributed by atoms with Crippen molar-refractivity contribution in [2.45, 2.75) is 6.04 Å². The van der Waals surface area contributed by atoms with Gasteiger partial charge in [0.2, 0.25) is 0 Å². The summed E-state index contributed by atoms with van der Waals surface area (Å²) in [7, 11) is 1.54. The number of hydrogen-bond acceptors (Lipinski definition) is 6. The Balaban J connectivity index is 1.73. The number of nitrogens with zero attached hydrogens (tertiary/aromatic N) is 2. The summed E-state index contributed by atoms with van der Waals surface area (Å²) in [6.07, 6.45) is 0. The summed E-state index contributed by atoms with van der Waals surface area (Å²) in [4.78, 5) is 32.3. The Hall–Kier alpha value is -3.46. The van der Waals surface area contributed by atoms with Gasteiger partial charge in [0.25, 0.3) is 5.78 Å². The van der Waals surface area contributed by atoms with Gasteiger partial charge in [0.15, 0.2) is 5.13 Å². The maximum Gasteiger partial charge on any atom is 0.301 e. The molecule has 10 heteroatoms. The van der Waals surface area contributed by atoms with E-state index in [2.05, 4.69) is 4.98 Å². The number of hydrogen-bond donors (Lipinski definition) is 1. The molecular formula is C25H15Cl2FN2O4S. The Morgan fingerprint density at radius 3 is 2.49 bits per heavy atom. The lowest BCUT2D eigenvalue weighted by Gasteiger charge is -2.23. The fourth-order valence-corrected chi connectivity index (χ4v) is 5.24. The van der Waals surface area contributed by atoms with Crippen molar-refractivity contribution in [2.24, 2.45) is 0 Å². The number of thiazole rings is 1. The number of carbonyl (C=O) groups excluding carboxylic acids is 2. The minimum Gasteiger partial charge on any atom is -0.507 e. The number of fused-ring (bicyclic) bond motifs is 1. The Morgan fingerprint density at radius 1 is 1.06 bits per heavy atom. The van der Waals surface area contributed by atoms with Gasteiger partial charge in [-0.05, 0) is 60.2 Å². The Morgan fingerprint density at radius 2 is 1.80 bits per heavy atom. The molecule has 1 amide bonds. The number of aliphatic hydroxyl groups is 1. The first-order chi connectivity index (χ1) is 16.8. The lowest BCUT2D eigenvalue weighted by Crippen LogP contribution is -2.29. The van der Waals surface area contributed by atoms with Crippen molar-refractivity contribution in [3.8, 4) is 5.75 Å². The first-order valence-corrected chi connectivity index (χ1v) is 11.8. The predicted molar refractivity (Wildman–Crippen MR) is 134 cm³/mol. The van der Waals surface area contributed by atoms with Gasteiger partial charge >= 0.3 is 5.91 Å². The van der Waals surface area contributed by atoms with Crippen LogP contribution in [0.3, 0.4) is 0 Å². The Kier molecular flexibility index (Phi) is 5.96. The van der Waals surface area contributed by atoms with Crippen LogP contribution < -0.4 is 9.64 Å². The molecule has 0 saturated carbocycles. The molecule has 0 radical (unpaired) electrons. The van der Waals surface area contributed by atoms with Crippen molar-refractivity contribution in [3.05, 3.63) is 93.2 Å². The van der Waals surface area contributed by atoms with Crippen molar-refractivity contribution in [2.75, 3.05) is 12.0 Å². The van der Waals surface area contributed by atoms with Crippen LogP contribution in [0.1, 0.15) is 17.2 Å². The quantitative estimate of drug-likeness (QED) is 0.189. The summed E-state index contributed by atoms with van der Waals surface area (Å²) in [5.41, 5.74) is 1.07. The van der Waals surface area contributed by atoms with Crippen LogP contribution in [-0.2, 0) is 9.59 Å². The maximum absolute atomic E-state index is 13.5. The second-order valence-corrected chi connectivity index (χ2v) is 9.50. The first kappa shape index (κ1) is 23.3. The summed E-state index contributed by atoms with van der Waals surface area (Å²) >= 11 is 13.5. The highest BCUT2D eigenvalue weighted by molar-refractivity contribution is 7.22. The molecule has 0 aliphatic carbocycles. The Bertz CT molecular complexity index is 1530. The van der Waals surface area contributed by atoms with E-state index in [0.29, 0.717) is 16.8 Å². The molecule has 3 aromatic carbocycles. The van der Waals surface area contributed by atoms with Gasteiger partial charge in [-0.2, -0.15) is 0 Å². The van der Waals surface area contributed by atoms with Gasteiger partial charge in [-0.25, -0.2) is 9.37 Å². The number of aliphatic hydroxyl groups excluding tert-OH is 1. The van der Waals surface area contributed by atoms with Crippen molar-refractivity contribution < 1.29 is 23.8 Å². The molecule has 0 spiro atoms. The normalized spacial score (nSPS) is 17.4. The molecule has 0 unspecified atom stereocenters. The SMILES string of the molecule is COc1ccc2nc(N3C(=O)C(=O)/C(=C(/O)c4ccc(F)cc4)[C@H]3c3ccc(Cl)c(Cl)c3)sc2c1. The molecule has 4 aromatic rings. The second-order valence-electron chi connectivity index (χ2n) is 7.68. The minimum absolute atomic E-state index is 0.170. The summed E-state index contributed by atoms with van der Waals surface area (Å²) < 4.78 is 19.5. The van der Waals surface area contributed by atoms with E-state index in [1.165, 1.54) is 34.4 Å². The third-order valence-corrected chi connectivity index (χ3v) is 7.37. The van der Waals surface area contributed by atoms with Crippen LogP contribution in [-0.4, -0.2) is 28.9 Å². The van der Waals surface area contributed by atoms with E-state index < -0.39 is 29.3 Å². The largest absolute Gasteiger partial charge is 0.507 e. The number of halogens is 3. The molecule has 0 bridgehead atoms. The molecule has 1 atom stereocenters. The average molecular weight is 529 g/mol. The van der Waals surface area contributed by atoms with E-state index >= 15 is 0 Å². The summed E-state index contributed by atoms with van der Waals surface area (Å²) in [5, 5.41) is 11.9. The van der Waals surface area contributed by atoms with Crippen molar-refractivity contribution in [3.63, 3.8) is 0 Å². The van der Waals surface area contributed by atoms with Gasteiger partial charge in [-0.3, -0.25) is 14.5 Å². The van der Waals surface area contributed by atoms with Crippen LogP contribution in [0.25, 0.3) is 16.0 Å². The number of rotatable bonds is 4. The average Bonchev–Trinajstić information content (AvgIpc) is 3.38. The van der Waals surface area contributed by atoms with Crippen LogP contribution in [0.4, 0.5) is 9.52 Å². The molecule has 1 aliphatic rings. The Labute approximate surface area is 212 Å². The highest BCUT2D eigenvalue weighted by atomic mass is 35.5. The van der Waals surface area contributed by atoms with Crippen LogP contribution in [0.2, 0.25) is 10.0 Å². The number of carbonyl (C=O) groups is 2. The number of benzene rings is 3. The summed E-state index contributed by atoms with van der Waals surface area (Å²) in [5.74, 6) is -2.10. The zero-order valence-electron chi connectivity index (χ0n) is 18.0. The smallest absolute Gasteiger partial charge is 0.301 e. The number of Topliss-reactive ketones (excluding diaryl/α,β-unsaturated/α-hetero) is 1. The fraction of sp³-hybridized carbons (Fsp3) is 0.0800. The molecule has 6 nitrogen and oxygen atoms in total. The van der Waals surface area contributed by atoms with Crippen LogP contribution >= 0.6 is 34.5 Å². The zero-order chi connectivity index (χ0) is 24.9. The number of anilines is 1. The van der Waals surface area contributed by atoms with E-state index in [9.17, 15) is 19.1 Å². The molecule has 1 fully saturated rings. The van der Waals surface area contributed by atoms with E-state index in [4.69, 9.17) is 27.9 Å². The first-order valence-electron chi connectivity index (χ1n) is 10.2. The summed E-state index contributed by atoms with van der Waals surface area (Å²) in [6.45, 7) is 0. The van der Waals surface area contributed by atoms with Gasteiger partial charge in [0.1, 0.15) is 17.3 Å². The minimum atomic E-state index is -1.04. The number of ketones is 1. The molecule has 1 aromatic heterocycles. The van der Waals surface area contributed by atoms with Crippen molar-refractivity contribution >= 4 is 67.3 Å². The van der Waals surface area contributed by atoms with Crippen molar-refractivity contribution in [1.29, 1.82) is 0 Å². The van der Waals surface area contributed by atoms with Crippen LogP contribution in [0.15, 0.2) is 66.2 Å². The van der Waals surface area contributed by atoms with Crippen LogP contribution in [0.5, 0.6) is 5.75 Å². The van der Waals surface area contributed by atoms with Gasteiger partial charge in [-0.15, -0.1) is 0 Å². The molecule has 5 rings (SSSR count). The third kappa shape index (κ3) is 4.03. The molecule has 35 heavy (non-hydrogen) atoms. The third-order valence-electron chi connectivity index (χ3n) is 5.61. The zero-order valence-corrected chi connectivity index (χ0v) is 20.3. The molecule has 1 saturated heterocycles. The second kappa shape index (κ2) is 8.96. The maximum atomic E-state index is 13.5. The standard InChI is InChI=1S/C25H15Cl2FN2O4S/c1-34-15-7-9-18-19(11-15)35-25(29-18)30-21(13-4-8-16(26)17(27)10-13)20(23(32)24(30)33)22(31)12-2-5-14(28)6-3-12/h2-11,21,31H,1H3/b22-20+/t21-/m1/s1. The van der Waals surface area contributed by atoms with E-state index in [1.54, 1.807) is 37.4 Å². The molecule has 176 valence electrons. The number of amides is 1. The fourth-order valence-electron chi connectivity index (χ4n) is 3.91. The highest BCUT2D eigenvalue weighted by Crippen LogP contribution is 2.45. The predicted octanol–water partition coefficient (Wildman–Crippen LogP) is 6.38. The molecule has 1 aliphatic heterocycles. The monoisotopic (exact) mass is 528 g/mol. The number of methoxy groups -OCH3 is 1. The van der Waals surface area contributed by atoms with Gasteiger partial charge in [0.05, 0.1) is 39.0 Å². The molecule has 1 N–H and O–H groups in total. The van der Waals surface area contributed by atoms with E-state index in [0.717, 1.165) is 16.8 Å². The lowest BCUT2D eigenvalue weighted by atomic mass is 9.95. The van der Waals surface area contributed by atoms with Crippen LogP contribution in [0, 0.1) is 5.82 Å². The highest BCUT2D eigenvalue weighted by Gasteiger charge is 2.48. The topological polar surface area (TPSA) is 79.7 Å². The van der Waals surface area contributed by atoms with Gasteiger partial charge in [-0.1, -0.05) is 40.6 Å². The number of aromatic nitrogens is 1. The molecule has 2 heterocycles.